The molecule has 0 N–H and O–H groups in total. The number of carbonyl (C=O) groups excluding carboxylic acids is 1. The van der Waals surface area contributed by atoms with Crippen LogP contribution in [0.15, 0.2) is 28.7 Å². The molecule has 1 spiro atoms. The number of rotatable bonds is 2. The van der Waals surface area contributed by atoms with Crippen molar-refractivity contribution in [1.82, 2.24) is 4.90 Å². The Bertz CT molecular complexity index is 573. The number of nitrogens with zero attached hydrogens (tertiary/aromatic N) is 1. The Morgan fingerprint density at radius 1 is 0.955 bits per heavy atom. The average Bonchev–Trinajstić information content (AvgIpc) is 3.30. The van der Waals surface area contributed by atoms with Crippen LogP contribution in [0.4, 0.5) is 4.79 Å². The number of hydrogen-bond donors (Lipinski definition) is 0. The fraction of sp³-hybridized carbons (Fsp3) is 0.611. The van der Waals surface area contributed by atoms with Crippen molar-refractivity contribution >= 4 is 22.0 Å². The molecule has 3 aliphatic rings. The van der Waals surface area contributed by atoms with Crippen molar-refractivity contribution in [2.75, 3.05) is 6.54 Å². The monoisotopic (exact) mass is 363 g/mol. The molecule has 2 aliphatic carbocycles. The predicted molar refractivity (Wildman–Crippen MR) is 88.7 cm³/mol. The Balaban J connectivity index is 1.54. The van der Waals surface area contributed by atoms with Crippen LogP contribution in [0.3, 0.4) is 0 Å². The minimum Gasteiger partial charge on any atom is -0.443 e. The molecule has 3 fully saturated rings. The van der Waals surface area contributed by atoms with Gasteiger partial charge in [0.1, 0.15) is 5.60 Å². The molecule has 1 aliphatic heterocycles. The molecule has 4 rings (SSSR count). The lowest BCUT2D eigenvalue weighted by Gasteiger charge is -2.46. The lowest BCUT2D eigenvalue weighted by atomic mass is 9.81. The van der Waals surface area contributed by atoms with Crippen LogP contribution in [-0.2, 0) is 10.3 Å². The maximum atomic E-state index is 12.7. The van der Waals surface area contributed by atoms with Crippen LogP contribution in [0.1, 0.15) is 56.9 Å². The van der Waals surface area contributed by atoms with E-state index in [9.17, 15) is 4.79 Å². The highest BCUT2D eigenvalue weighted by atomic mass is 79.9. The average molecular weight is 364 g/mol. The summed E-state index contributed by atoms with van der Waals surface area (Å²) in [7, 11) is 0. The van der Waals surface area contributed by atoms with Gasteiger partial charge >= 0.3 is 6.09 Å². The fourth-order valence-corrected chi connectivity index (χ4v) is 4.49. The Kier molecular flexibility index (Phi) is 3.48. The number of ether oxygens (including phenoxy) is 1. The van der Waals surface area contributed by atoms with Crippen LogP contribution in [0.5, 0.6) is 0 Å². The fourth-order valence-electron chi connectivity index (χ4n) is 4.23. The van der Waals surface area contributed by atoms with Gasteiger partial charge in [0.05, 0.1) is 5.54 Å². The second kappa shape index (κ2) is 5.26. The van der Waals surface area contributed by atoms with E-state index in [1.165, 1.54) is 24.8 Å². The maximum absolute atomic E-state index is 12.7. The SMILES string of the molecule is O=C1OC2(CCCCC2)CCN1C1(c2ccc(Br)cc2)CC1. The van der Waals surface area contributed by atoms with Gasteiger partial charge < -0.3 is 4.74 Å². The van der Waals surface area contributed by atoms with E-state index in [2.05, 4.69) is 40.2 Å². The molecule has 1 aromatic carbocycles. The summed E-state index contributed by atoms with van der Waals surface area (Å²) in [5.41, 5.74) is 0.989. The molecular formula is C18H22BrNO2. The van der Waals surface area contributed by atoms with Crippen molar-refractivity contribution in [2.45, 2.75) is 62.5 Å². The molecule has 1 saturated heterocycles. The first kappa shape index (κ1) is 14.6. The zero-order valence-corrected chi connectivity index (χ0v) is 14.4. The normalized spacial score (nSPS) is 25.9. The Morgan fingerprint density at radius 2 is 1.64 bits per heavy atom. The van der Waals surface area contributed by atoms with Crippen LogP contribution in [0, 0.1) is 0 Å². The van der Waals surface area contributed by atoms with Crippen LogP contribution >= 0.6 is 15.9 Å². The zero-order valence-electron chi connectivity index (χ0n) is 12.8. The van der Waals surface area contributed by atoms with Gasteiger partial charge in [-0.3, -0.25) is 4.90 Å². The third-order valence-corrected chi connectivity index (χ3v) is 6.23. The number of hydrogen-bond acceptors (Lipinski definition) is 2. The molecule has 1 aromatic rings. The van der Waals surface area contributed by atoms with Crippen molar-refractivity contribution < 1.29 is 9.53 Å². The molecule has 0 atom stereocenters. The highest BCUT2D eigenvalue weighted by Crippen LogP contribution is 2.53. The predicted octanol–water partition coefficient (Wildman–Crippen LogP) is 4.98. The summed E-state index contributed by atoms with van der Waals surface area (Å²) in [6, 6.07) is 8.39. The summed E-state index contributed by atoms with van der Waals surface area (Å²) in [6.07, 6.45) is 8.80. The van der Waals surface area contributed by atoms with Crippen LogP contribution in [-0.4, -0.2) is 23.1 Å². The largest absolute Gasteiger partial charge is 0.443 e. The Hall–Kier alpha value is -1.03. The van der Waals surface area contributed by atoms with Crippen molar-refractivity contribution in [3.05, 3.63) is 34.3 Å². The molecule has 118 valence electrons. The summed E-state index contributed by atoms with van der Waals surface area (Å²) >= 11 is 3.48. The van der Waals surface area contributed by atoms with Crippen molar-refractivity contribution in [2.24, 2.45) is 0 Å². The van der Waals surface area contributed by atoms with Crippen LogP contribution < -0.4 is 0 Å². The number of carbonyl (C=O) groups is 1. The zero-order chi connectivity index (χ0) is 15.2. The van der Waals surface area contributed by atoms with Gasteiger partial charge in [0, 0.05) is 17.4 Å². The molecule has 0 aromatic heterocycles. The highest BCUT2D eigenvalue weighted by molar-refractivity contribution is 9.10. The molecule has 4 heteroatoms. The van der Waals surface area contributed by atoms with Gasteiger partial charge in [0.15, 0.2) is 0 Å². The van der Waals surface area contributed by atoms with Gasteiger partial charge in [-0.1, -0.05) is 34.5 Å². The van der Waals surface area contributed by atoms with Crippen molar-refractivity contribution in [1.29, 1.82) is 0 Å². The lowest BCUT2D eigenvalue weighted by Crippen LogP contribution is -2.53. The molecule has 2 saturated carbocycles. The van der Waals surface area contributed by atoms with Crippen LogP contribution in [0.25, 0.3) is 0 Å². The van der Waals surface area contributed by atoms with E-state index in [4.69, 9.17) is 4.74 Å². The first-order chi connectivity index (χ1) is 10.6. The smallest absolute Gasteiger partial charge is 0.411 e. The molecule has 3 nitrogen and oxygen atoms in total. The minimum atomic E-state index is -0.151. The molecule has 22 heavy (non-hydrogen) atoms. The van der Waals surface area contributed by atoms with Gasteiger partial charge in [-0.05, 0) is 56.2 Å². The highest BCUT2D eigenvalue weighted by Gasteiger charge is 2.55. The molecule has 0 unspecified atom stereocenters. The van der Waals surface area contributed by atoms with Crippen molar-refractivity contribution in [3.63, 3.8) is 0 Å². The summed E-state index contributed by atoms with van der Waals surface area (Å²) in [4.78, 5) is 14.7. The van der Waals surface area contributed by atoms with Gasteiger partial charge in [0.25, 0.3) is 0 Å². The molecular weight excluding hydrogens is 342 g/mol. The van der Waals surface area contributed by atoms with Gasteiger partial charge in [-0.15, -0.1) is 0 Å². The summed E-state index contributed by atoms with van der Waals surface area (Å²) in [6.45, 7) is 0.842. The van der Waals surface area contributed by atoms with Crippen molar-refractivity contribution in [3.8, 4) is 0 Å². The second-order valence-electron chi connectivity index (χ2n) is 7.05. The van der Waals surface area contributed by atoms with E-state index in [1.807, 2.05) is 4.90 Å². The lowest BCUT2D eigenvalue weighted by molar-refractivity contribution is -0.0793. The number of benzene rings is 1. The Labute approximate surface area is 140 Å². The number of amides is 1. The summed E-state index contributed by atoms with van der Waals surface area (Å²) in [5.74, 6) is 0. The van der Waals surface area contributed by atoms with Gasteiger partial charge in [-0.25, -0.2) is 4.79 Å². The second-order valence-corrected chi connectivity index (χ2v) is 7.97. The molecule has 0 radical (unpaired) electrons. The molecule has 1 amide bonds. The maximum Gasteiger partial charge on any atom is 0.411 e. The number of halogens is 1. The van der Waals surface area contributed by atoms with E-state index >= 15 is 0 Å². The Morgan fingerprint density at radius 3 is 2.23 bits per heavy atom. The van der Waals surface area contributed by atoms with E-state index < -0.39 is 0 Å². The third-order valence-electron chi connectivity index (χ3n) is 5.70. The van der Waals surface area contributed by atoms with E-state index in [0.29, 0.717) is 0 Å². The summed E-state index contributed by atoms with van der Waals surface area (Å²) in [5, 5.41) is 0. The third kappa shape index (κ3) is 2.36. The topological polar surface area (TPSA) is 29.5 Å². The molecule has 1 heterocycles. The molecule has 0 bridgehead atoms. The first-order valence-electron chi connectivity index (χ1n) is 8.40. The minimum absolute atomic E-state index is 0.0893. The van der Waals surface area contributed by atoms with Gasteiger partial charge in [0.2, 0.25) is 0 Å². The van der Waals surface area contributed by atoms with E-state index in [0.717, 1.165) is 43.1 Å². The first-order valence-corrected chi connectivity index (χ1v) is 9.20. The van der Waals surface area contributed by atoms with E-state index in [1.54, 1.807) is 0 Å². The summed E-state index contributed by atoms with van der Waals surface area (Å²) < 4.78 is 7.05. The van der Waals surface area contributed by atoms with E-state index in [-0.39, 0.29) is 17.2 Å². The standard InChI is InChI=1S/C18H22BrNO2/c19-15-6-4-14(5-7-15)18(10-11-18)20-13-12-17(22-16(20)21)8-2-1-3-9-17/h4-7H,1-3,8-13H2. The van der Waals surface area contributed by atoms with Gasteiger partial charge in [-0.2, -0.15) is 0 Å². The van der Waals surface area contributed by atoms with Crippen LogP contribution in [0.2, 0.25) is 0 Å². The quantitative estimate of drug-likeness (QED) is 0.741.